The van der Waals surface area contributed by atoms with Crippen LogP contribution < -0.4 is 14.4 Å². The molecule has 2 saturated heterocycles. The SMILES string of the molecule is COc1ccc(Oc2cccc([C@@H]3CCCN(C(=O)c4ccnc(N5CCOCC5)c4)C3)n2)cc1. The molecule has 2 aromatic heterocycles. The standard InChI is InChI=1S/C27H30N4O4/c1-33-22-7-9-23(10-8-22)35-26-6-2-5-24(29-26)21-4-3-13-31(19-21)27(32)20-11-12-28-25(18-20)30-14-16-34-17-15-30/h2,5-12,18,21H,3-4,13-17,19H2,1H3/t21-/m1/s1. The van der Waals surface area contributed by atoms with E-state index in [1.54, 1.807) is 19.4 Å². The van der Waals surface area contributed by atoms with E-state index in [0.29, 0.717) is 37.0 Å². The summed E-state index contributed by atoms with van der Waals surface area (Å²) in [5.74, 6) is 3.05. The number of morpholine rings is 1. The second-order valence-corrected chi connectivity index (χ2v) is 8.77. The molecule has 2 aliphatic rings. The number of amides is 1. The first-order valence-electron chi connectivity index (χ1n) is 12.1. The van der Waals surface area contributed by atoms with Crippen LogP contribution in [0.15, 0.2) is 60.8 Å². The molecule has 0 unspecified atom stereocenters. The van der Waals surface area contributed by atoms with Crippen molar-refractivity contribution >= 4 is 11.7 Å². The van der Waals surface area contributed by atoms with Gasteiger partial charge in [-0.05, 0) is 55.3 Å². The van der Waals surface area contributed by atoms with E-state index in [1.807, 2.05) is 53.4 Å². The van der Waals surface area contributed by atoms with Crippen LogP contribution in [0.5, 0.6) is 17.4 Å². The highest BCUT2D eigenvalue weighted by Gasteiger charge is 2.27. The van der Waals surface area contributed by atoms with Gasteiger partial charge < -0.3 is 24.0 Å². The molecule has 35 heavy (non-hydrogen) atoms. The number of methoxy groups -OCH3 is 1. The number of hydrogen-bond donors (Lipinski definition) is 0. The fourth-order valence-electron chi connectivity index (χ4n) is 4.58. The lowest BCUT2D eigenvalue weighted by Crippen LogP contribution is -2.40. The maximum absolute atomic E-state index is 13.4. The molecule has 1 atom stereocenters. The van der Waals surface area contributed by atoms with Crippen molar-refractivity contribution < 1.29 is 19.0 Å². The lowest BCUT2D eigenvalue weighted by molar-refractivity contribution is 0.0705. The van der Waals surface area contributed by atoms with Crippen molar-refractivity contribution in [2.75, 3.05) is 51.4 Å². The quantitative estimate of drug-likeness (QED) is 0.532. The third kappa shape index (κ3) is 5.54. The van der Waals surface area contributed by atoms with Gasteiger partial charge >= 0.3 is 0 Å². The Morgan fingerprint density at radius 1 is 1.03 bits per heavy atom. The number of likely N-dealkylation sites (tertiary alicyclic amines) is 1. The van der Waals surface area contributed by atoms with Gasteiger partial charge in [0.15, 0.2) is 0 Å². The van der Waals surface area contributed by atoms with E-state index in [2.05, 4.69) is 9.88 Å². The van der Waals surface area contributed by atoms with Gasteiger partial charge in [0.05, 0.1) is 20.3 Å². The molecule has 0 radical (unpaired) electrons. The van der Waals surface area contributed by atoms with Crippen LogP contribution in [0.1, 0.15) is 34.8 Å². The van der Waals surface area contributed by atoms with Crippen molar-refractivity contribution in [2.24, 2.45) is 0 Å². The predicted molar refractivity (Wildman–Crippen MR) is 132 cm³/mol. The Bertz CT molecular complexity index is 1150. The minimum absolute atomic E-state index is 0.0391. The Morgan fingerprint density at radius 2 is 1.83 bits per heavy atom. The van der Waals surface area contributed by atoms with Crippen LogP contribution in [-0.4, -0.2) is 67.3 Å². The Labute approximate surface area is 205 Å². The summed E-state index contributed by atoms with van der Waals surface area (Å²) in [6.45, 7) is 4.32. The zero-order chi connectivity index (χ0) is 24.0. The van der Waals surface area contributed by atoms with Crippen molar-refractivity contribution in [3.63, 3.8) is 0 Å². The van der Waals surface area contributed by atoms with Gasteiger partial charge in [-0.1, -0.05) is 6.07 Å². The van der Waals surface area contributed by atoms with Gasteiger partial charge in [0, 0.05) is 55.6 Å². The average Bonchev–Trinajstić information content (AvgIpc) is 2.94. The summed E-state index contributed by atoms with van der Waals surface area (Å²) in [7, 11) is 1.64. The fourth-order valence-corrected chi connectivity index (χ4v) is 4.58. The van der Waals surface area contributed by atoms with E-state index in [9.17, 15) is 4.79 Å². The van der Waals surface area contributed by atoms with Crippen LogP contribution in [0, 0.1) is 0 Å². The Morgan fingerprint density at radius 3 is 2.63 bits per heavy atom. The molecule has 8 nitrogen and oxygen atoms in total. The van der Waals surface area contributed by atoms with Crippen LogP contribution in [0.4, 0.5) is 5.82 Å². The molecule has 0 N–H and O–H groups in total. The van der Waals surface area contributed by atoms with Gasteiger partial charge in [-0.2, -0.15) is 0 Å². The summed E-state index contributed by atoms with van der Waals surface area (Å²) in [6, 6.07) is 16.9. The normalized spacial score (nSPS) is 18.3. The molecular formula is C27H30N4O4. The summed E-state index contributed by atoms with van der Waals surface area (Å²) in [5, 5.41) is 0. The number of carbonyl (C=O) groups is 1. The third-order valence-corrected chi connectivity index (χ3v) is 6.48. The van der Waals surface area contributed by atoms with E-state index >= 15 is 0 Å². The summed E-state index contributed by atoms with van der Waals surface area (Å²) in [5.41, 5.74) is 1.61. The molecule has 3 aromatic rings. The van der Waals surface area contributed by atoms with Crippen LogP contribution in [0.2, 0.25) is 0 Å². The maximum atomic E-state index is 13.4. The summed E-state index contributed by atoms with van der Waals surface area (Å²) in [4.78, 5) is 26.7. The number of rotatable bonds is 6. The van der Waals surface area contributed by atoms with Crippen molar-refractivity contribution in [2.45, 2.75) is 18.8 Å². The number of nitrogens with zero attached hydrogens (tertiary/aromatic N) is 4. The van der Waals surface area contributed by atoms with Crippen molar-refractivity contribution in [1.82, 2.24) is 14.9 Å². The molecule has 1 amide bonds. The van der Waals surface area contributed by atoms with Crippen molar-refractivity contribution in [3.05, 3.63) is 72.1 Å². The number of piperidine rings is 1. The molecule has 4 heterocycles. The minimum Gasteiger partial charge on any atom is -0.497 e. The van der Waals surface area contributed by atoms with Gasteiger partial charge in [0.1, 0.15) is 17.3 Å². The first-order chi connectivity index (χ1) is 17.2. The average molecular weight is 475 g/mol. The molecular weight excluding hydrogens is 444 g/mol. The van der Waals surface area contributed by atoms with Gasteiger partial charge in [-0.3, -0.25) is 4.79 Å². The molecule has 0 bridgehead atoms. The van der Waals surface area contributed by atoms with Gasteiger partial charge in [-0.15, -0.1) is 0 Å². The Balaban J connectivity index is 1.26. The molecule has 2 aliphatic heterocycles. The predicted octanol–water partition coefficient (Wildman–Crippen LogP) is 4.13. The molecule has 8 heteroatoms. The minimum atomic E-state index is 0.0391. The molecule has 2 fully saturated rings. The first kappa shape index (κ1) is 23.1. The van der Waals surface area contributed by atoms with E-state index in [4.69, 9.17) is 19.2 Å². The number of pyridine rings is 2. The second-order valence-electron chi connectivity index (χ2n) is 8.77. The van der Waals surface area contributed by atoms with E-state index < -0.39 is 0 Å². The first-order valence-corrected chi connectivity index (χ1v) is 12.1. The lowest BCUT2D eigenvalue weighted by atomic mass is 9.94. The second kappa shape index (κ2) is 10.7. The molecule has 0 aliphatic carbocycles. The monoisotopic (exact) mass is 474 g/mol. The van der Waals surface area contributed by atoms with Gasteiger partial charge in [0.25, 0.3) is 5.91 Å². The largest absolute Gasteiger partial charge is 0.497 e. The highest BCUT2D eigenvalue weighted by molar-refractivity contribution is 5.95. The third-order valence-electron chi connectivity index (χ3n) is 6.48. The lowest BCUT2D eigenvalue weighted by Gasteiger charge is -2.33. The van der Waals surface area contributed by atoms with Crippen LogP contribution >= 0.6 is 0 Å². The Kier molecular flexibility index (Phi) is 7.09. The summed E-state index contributed by atoms with van der Waals surface area (Å²) >= 11 is 0. The number of anilines is 1. The highest BCUT2D eigenvalue weighted by Crippen LogP contribution is 2.29. The summed E-state index contributed by atoms with van der Waals surface area (Å²) in [6.07, 6.45) is 3.64. The van der Waals surface area contributed by atoms with E-state index in [-0.39, 0.29) is 11.8 Å². The maximum Gasteiger partial charge on any atom is 0.254 e. The number of aromatic nitrogens is 2. The molecule has 5 rings (SSSR count). The van der Waals surface area contributed by atoms with Crippen molar-refractivity contribution in [1.29, 1.82) is 0 Å². The van der Waals surface area contributed by atoms with Crippen LogP contribution in [-0.2, 0) is 4.74 Å². The highest BCUT2D eigenvalue weighted by atomic mass is 16.5. The Hall–Kier alpha value is -3.65. The molecule has 1 aromatic carbocycles. The fraction of sp³-hybridized carbons (Fsp3) is 0.370. The van der Waals surface area contributed by atoms with Crippen LogP contribution in [0.3, 0.4) is 0 Å². The number of benzene rings is 1. The number of carbonyl (C=O) groups excluding carboxylic acids is 1. The molecule has 0 spiro atoms. The number of ether oxygens (including phenoxy) is 3. The molecule has 0 saturated carbocycles. The van der Waals surface area contributed by atoms with Crippen LogP contribution in [0.25, 0.3) is 0 Å². The summed E-state index contributed by atoms with van der Waals surface area (Å²) < 4.78 is 16.6. The zero-order valence-corrected chi connectivity index (χ0v) is 19.9. The smallest absolute Gasteiger partial charge is 0.254 e. The topological polar surface area (TPSA) is 77.0 Å². The van der Waals surface area contributed by atoms with Gasteiger partial charge in [-0.25, -0.2) is 9.97 Å². The molecule has 182 valence electrons. The van der Waals surface area contributed by atoms with E-state index in [0.717, 1.165) is 49.7 Å². The number of hydrogen-bond acceptors (Lipinski definition) is 7. The van der Waals surface area contributed by atoms with E-state index in [1.165, 1.54) is 0 Å². The van der Waals surface area contributed by atoms with Crippen molar-refractivity contribution in [3.8, 4) is 17.4 Å². The zero-order valence-electron chi connectivity index (χ0n) is 19.9. The van der Waals surface area contributed by atoms with Gasteiger partial charge in [0.2, 0.25) is 5.88 Å².